The molecule has 1 heterocycles. The highest BCUT2D eigenvalue weighted by Gasteiger charge is 2.32. The second kappa shape index (κ2) is 6.93. The predicted molar refractivity (Wildman–Crippen MR) is 98.0 cm³/mol. The van der Waals surface area contributed by atoms with Crippen molar-refractivity contribution in [3.8, 4) is 12.1 Å². The summed E-state index contributed by atoms with van der Waals surface area (Å²) in [5.41, 5.74) is 5.57. The molecule has 0 bridgehead atoms. The summed E-state index contributed by atoms with van der Waals surface area (Å²) in [6.07, 6.45) is 16.7. The molecular formula is C22H25N3. The summed E-state index contributed by atoms with van der Waals surface area (Å²) < 4.78 is 0. The van der Waals surface area contributed by atoms with E-state index in [2.05, 4.69) is 35.3 Å². The van der Waals surface area contributed by atoms with E-state index in [0.29, 0.717) is 17.4 Å². The largest absolute Gasteiger partial charge is 0.375 e. The highest BCUT2D eigenvalue weighted by molar-refractivity contribution is 5.51. The molecule has 0 spiro atoms. The average molecular weight is 331 g/mol. The standard InChI is InChI=1S/C22H25N3/c23-14-21(15-24)18-5-4-16-10-17-6-7-22(25-8-2-1-3-9-25)13-20(17)12-19(16)11-18/h11-13,16-17H,1-10H2. The molecule has 0 radical (unpaired) electrons. The predicted octanol–water partition coefficient (Wildman–Crippen LogP) is 4.78. The quantitative estimate of drug-likeness (QED) is 0.650. The van der Waals surface area contributed by atoms with E-state index in [4.69, 9.17) is 10.5 Å². The van der Waals surface area contributed by atoms with Crippen molar-refractivity contribution >= 4 is 0 Å². The molecule has 0 N–H and O–H groups in total. The Morgan fingerprint density at radius 2 is 1.56 bits per heavy atom. The lowest BCUT2D eigenvalue weighted by Gasteiger charge is -2.39. The number of nitriles is 2. The average Bonchev–Trinajstić information content (AvgIpc) is 2.67. The zero-order chi connectivity index (χ0) is 17.2. The normalized spacial score (nSPS) is 28.5. The van der Waals surface area contributed by atoms with Gasteiger partial charge in [-0.2, -0.15) is 10.5 Å². The fraction of sp³-hybridized carbons (Fsp3) is 0.545. The molecule has 1 saturated heterocycles. The van der Waals surface area contributed by atoms with Crippen molar-refractivity contribution in [1.29, 1.82) is 10.5 Å². The van der Waals surface area contributed by atoms with Crippen molar-refractivity contribution in [2.24, 2.45) is 11.8 Å². The van der Waals surface area contributed by atoms with E-state index in [1.54, 1.807) is 0 Å². The van der Waals surface area contributed by atoms with Crippen LogP contribution in [0.5, 0.6) is 0 Å². The number of rotatable bonds is 1. The maximum Gasteiger partial charge on any atom is 0.132 e. The lowest BCUT2D eigenvalue weighted by molar-refractivity contribution is 0.263. The Kier molecular flexibility index (Phi) is 4.50. The lowest BCUT2D eigenvalue weighted by atomic mass is 9.69. The van der Waals surface area contributed by atoms with Crippen LogP contribution in [0.4, 0.5) is 0 Å². The number of likely N-dealkylation sites (tertiary alicyclic amines) is 1. The second-order valence-corrected chi connectivity index (χ2v) is 7.80. The monoisotopic (exact) mass is 331 g/mol. The molecule has 0 aromatic rings. The van der Waals surface area contributed by atoms with Crippen LogP contribution >= 0.6 is 0 Å². The maximum atomic E-state index is 9.15. The fourth-order valence-corrected chi connectivity index (χ4v) is 4.92. The van der Waals surface area contributed by atoms with E-state index < -0.39 is 0 Å². The van der Waals surface area contributed by atoms with Gasteiger partial charge in [-0.05, 0) is 86.0 Å². The Morgan fingerprint density at radius 3 is 2.28 bits per heavy atom. The third kappa shape index (κ3) is 3.16. The molecule has 3 nitrogen and oxygen atoms in total. The summed E-state index contributed by atoms with van der Waals surface area (Å²) in [5.74, 6) is 1.31. The smallest absolute Gasteiger partial charge is 0.132 e. The Bertz CT molecular complexity index is 744. The second-order valence-electron chi connectivity index (χ2n) is 7.80. The van der Waals surface area contributed by atoms with E-state index >= 15 is 0 Å². The van der Waals surface area contributed by atoms with Crippen LogP contribution in [0.25, 0.3) is 0 Å². The first-order valence-electron chi connectivity index (χ1n) is 9.70. The summed E-state index contributed by atoms with van der Waals surface area (Å²) in [5, 5.41) is 18.3. The van der Waals surface area contributed by atoms with Crippen LogP contribution in [-0.2, 0) is 0 Å². The number of allylic oxidation sites excluding steroid dienone is 8. The molecule has 0 amide bonds. The molecule has 1 aliphatic heterocycles. The van der Waals surface area contributed by atoms with Crippen LogP contribution in [0, 0.1) is 34.5 Å². The molecule has 2 atom stereocenters. The van der Waals surface area contributed by atoms with Crippen molar-refractivity contribution < 1.29 is 0 Å². The molecule has 0 saturated carbocycles. The van der Waals surface area contributed by atoms with E-state index in [0.717, 1.165) is 18.4 Å². The van der Waals surface area contributed by atoms with Crippen molar-refractivity contribution in [2.75, 3.05) is 13.1 Å². The van der Waals surface area contributed by atoms with Gasteiger partial charge < -0.3 is 4.90 Å². The van der Waals surface area contributed by atoms with E-state index in [1.807, 2.05) is 0 Å². The first kappa shape index (κ1) is 16.2. The third-order valence-electron chi connectivity index (χ3n) is 6.34. The van der Waals surface area contributed by atoms with Crippen LogP contribution in [0.3, 0.4) is 0 Å². The van der Waals surface area contributed by atoms with Crippen molar-refractivity contribution in [2.45, 2.75) is 51.4 Å². The third-order valence-corrected chi connectivity index (χ3v) is 6.34. The van der Waals surface area contributed by atoms with Gasteiger partial charge in [0, 0.05) is 18.8 Å². The Labute approximate surface area is 150 Å². The molecule has 3 heteroatoms. The van der Waals surface area contributed by atoms with Gasteiger partial charge >= 0.3 is 0 Å². The molecule has 4 aliphatic rings. The molecule has 0 aromatic heterocycles. The highest BCUT2D eigenvalue weighted by atomic mass is 15.1. The maximum absolute atomic E-state index is 9.15. The topological polar surface area (TPSA) is 50.8 Å². The summed E-state index contributed by atoms with van der Waals surface area (Å²) in [4.78, 5) is 2.59. The van der Waals surface area contributed by atoms with Gasteiger partial charge in [0.15, 0.2) is 0 Å². The minimum absolute atomic E-state index is 0.291. The number of nitrogens with zero attached hydrogens (tertiary/aromatic N) is 3. The fourth-order valence-electron chi connectivity index (χ4n) is 4.92. The Balaban J connectivity index is 1.64. The van der Waals surface area contributed by atoms with Crippen LogP contribution < -0.4 is 0 Å². The number of hydrogen-bond acceptors (Lipinski definition) is 3. The van der Waals surface area contributed by atoms with Crippen molar-refractivity contribution in [3.63, 3.8) is 0 Å². The van der Waals surface area contributed by atoms with Crippen molar-refractivity contribution in [3.05, 3.63) is 46.2 Å². The summed E-state index contributed by atoms with van der Waals surface area (Å²) in [6, 6.07) is 4.12. The minimum atomic E-state index is 0.291. The van der Waals surface area contributed by atoms with Crippen LogP contribution in [-0.4, -0.2) is 18.0 Å². The van der Waals surface area contributed by atoms with Gasteiger partial charge in [0.2, 0.25) is 0 Å². The van der Waals surface area contributed by atoms with E-state index in [-0.39, 0.29) is 0 Å². The van der Waals surface area contributed by atoms with Crippen LogP contribution in [0.1, 0.15) is 51.4 Å². The van der Waals surface area contributed by atoms with Crippen molar-refractivity contribution in [1.82, 2.24) is 4.90 Å². The molecule has 0 aromatic carbocycles. The zero-order valence-electron chi connectivity index (χ0n) is 14.8. The summed E-state index contributed by atoms with van der Waals surface area (Å²) in [7, 11) is 0. The van der Waals surface area contributed by atoms with Gasteiger partial charge in [-0.25, -0.2) is 0 Å². The summed E-state index contributed by atoms with van der Waals surface area (Å²) >= 11 is 0. The highest BCUT2D eigenvalue weighted by Crippen LogP contribution is 2.45. The van der Waals surface area contributed by atoms with Crippen LogP contribution in [0.2, 0.25) is 0 Å². The molecule has 3 aliphatic carbocycles. The van der Waals surface area contributed by atoms with Gasteiger partial charge in [0.1, 0.15) is 17.7 Å². The summed E-state index contributed by atoms with van der Waals surface area (Å²) in [6.45, 7) is 2.44. The van der Waals surface area contributed by atoms with E-state index in [9.17, 15) is 0 Å². The number of piperidine rings is 1. The zero-order valence-corrected chi connectivity index (χ0v) is 14.8. The molecule has 25 heavy (non-hydrogen) atoms. The van der Waals surface area contributed by atoms with E-state index in [1.165, 1.54) is 68.5 Å². The Morgan fingerprint density at radius 1 is 0.880 bits per heavy atom. The van der Waals surface area contributed by atoms with Gasteiger partial charge in [-0.3, -0.25) is 0 Å². The molecule has 1 fully saturated rings. The van der Waals surface area contributed by atoms with Crippen LogP contribution in [0.15, 0.2) is 46.2 Å². The first-order chi connectivity index (χ1) is 12.3. The molecular weight excluding hydrogens is 306 g/mol. The Hall–Kier alpha value is -2.26. The SMILES string of the molecule is N#CC(C#N)=C1C=C2C=C3C=C(N4CCCCC4)CCC3CC2CC1. The number of hydrogen-bond donors (Lipinski definition) is 0. The van der Waals surface area contributed by atoms with Gasteiger partial charge in [0.05, 0.1) is 0 Å². The number of fused-ring (bicyclic) bond motifs is 2. The van der Waals surface area contributed by atoms with Gasteiger partial charge in [-0.1, -0.05) is 12.2 Å². The van der Waals surface area contributed by atoms with Gasteiger partial charge in [-0.15, -0.1) is 0 Å². The van der Waals surface area contributed by atoms with Gasteiger partial charge in [0.25, 0.3) is 0 Å². The molecule has 4 rings (SSSR count). The molecule has 128 valence electrons. The molecule has 2 unspecified atom stereocenters. The minimum Gasteiger partial charge on any atom is -0.375 e. The first-order valence-corrected chi connectivity index (χ1v) is 9.70. The lowest BCUT2D eigenvalue weighted by Crippen LogP contribution is -2.32.